The van der Waals surface area contributed by atoms with Gasteiger partial charge in [0.2, 0.25) is 10.0 Å². The van der Waals surface area contributed by atoms with Crippen LogP contribution in [-0.4, -0.2) is 34.4 Å². The van der Waals surface area contributed by atoms with Crippen molar-refractivity contribution in [3.63, 3.8) is 0 Å². The van der Waals surface area contributed by atoms with E-state index in [2.05, 4.69) is 4.72 Å². The number of nitrogens with two attached hydrogens (primary N) is 1. The molecule has 1 fully saturated rings. The molecule has 0 aromatic carbocycles. The van der Waals surface area contributed by atoms with E-state index in [-0.39, 0.29) is 21.8 Å². The van der Waals surface area contributed by atoms with Crippen molar-refractivity contribution in [3.05, 3.63) is 11.4 Å². The third-order valence-corrected chi connectivity index (χ3v) is 7.43. The molecule has 0 bridgehead atoms. The first kappa shape index (κ1) is 13.8. The second-order valence-corrected chi connectivity index (χ2v) is 9.40. The average Bonchev–Trinajstić information content (AvgIpc) is 2.69. The van der Waals surface area contributed by atoms with Gasteiger partial charge in [-0.25, -0.2) is 21.6 Å². The highest BCUT2D eigenvalue weighted by atomic mass is 32.2. The molecule has 0 saturated carbocycles. The number of sulfone groups is 1. The Bertz CT molecular complexity index is 619. The summed E-state index contributed by atoms with van der Waals surface area (Å²) in [5.41, 5.74) is 5.89. The number of thiophene rings is 1. The lowest BCUT2D eigenvalue weighted by Crippen LogP contribution is -2.40. The molecule has 0 spiro atoms. The first-order valence-corrected chi connectivity index (χ1v) is 9.54. The van der Waals surface area contributed by atoms with Crippen LogP contribution in [0.4, 0.5) is 5.69 Å². The lowest BCUT2D eigenvalue weighted by molar-refractivity contribution is 0.506. The third kappa shape index (κ3) is 3.22. The van der Waals surface area contributed by atoms with Crippen molar-refractivity contribution in [1.29, 1.82) is 0 Å². The predicted molar refractivity (Wildman–Crippen MR) is 70.7 cm³/mol. The third-order valence-electron chi connectivity index (χ3n) is 2.74. The van der Waals surface area contributed by atoms with E-state index in [0.29, 0.717) is 18.5 Å². The molecule has 1 aliphatic rings. The Hall–Kier alpha value is -0.640. The molecule has 0 atom stereocenters. The maximum Gasteiger partial charge on any atom is 0.250 e. The first-order valence-electron chi connectivity index (χ1n) is 5.35. The first-order chi connectivity index (χ1) is 8.28. The van der Waals surface area contributed by atoms with E-state index in [0.717, 1.165) is 11.3 Å². The Kier molecular flexibility index (Phi) is 3.67. The quantitative estimate of drug-likeness (QED) is 0.828. The van der Waals surface area contributed by atoms with E-state index < -0.39 is 19.9 Å². The second kappa shape index (κ2) is 4.80. The van der Waals surface area contributed by atoms with Gasteiger partial charge >= 0.3 is 0 Å². The van der Waals surface area contributed by atoms with Gasteiger partial charge in [0, 0.05) is 17.1 Å². The van der Waals surface area contributed by atoms with Gasteiger partial charge in [-0.15, -0.1) is 11.3 Å². The fraction of sp³-hybridized carbons (Fsp3) is 0.556. The highest BCUT2D eigenvalue weighted by Crippen LogP contribution is 2.23. The molecule has 6 nitrogen and oxygen atoms in total. The van der Waals surface area contributed by atoms with Crippen molar-refractivity contribution in [3.8, 4) is 0 Å². The normalized spacial score (nSPS) is 20.9. The predicted octanol–water partition coefficient (Wildman–Crippen LogP) is 0.186. The molecule has 2 heterocycles. The molecule has 3 N–H and O–H groups in total. The monoisotopic (exact) mass is 310 g/mol. The Morgan fingerprint density at radius 2 is 1.94 bits per heavy atom. The zero-order valence-electron chi connectivity index (χ0n) is 9.50. The summed E-state index contributed by atoms with van der Waals surface area (Å²) in [6, 6.07) is 1.08. The number of hydrogen-bond donors (Lipinski definition) is 2. The van der Waals surface area contributed by atoms with Crippen molar-refractivity contribution in [2.75, 3.05) is 17.2 Å². The van der Waals surface area contributed by atoms with Crippen LogP contribution in [0.5, 0.6) is 0 Å². The van der Waals surface area contributed by atoms with E-state index in [1.165, 1.54) is 6.07 Å². The van der Waals surface area contributed by atoms with Crippen LogP contribution < -0.4 is 10.5 Å². The molecule has 1 aliphatic heterocycles. The molecule has 1 aromatic heterocycles. The number of nitrogens with one attached hydrogen (secondary N) is 1. The van der Waals surface area contributed by atoms with Crippen molar-refractivity contribution < 1.29 is 16.8 Å². The molecule has 0 radical (unpaired) electrons. The average molecular weight is 310 g/mol. The van der Waals surface area contributed by atoms with E-state index in [9.17, 15) is 16.8 Å². The van der Waals surface area contributed by atoms with E-state index in [4.69, 9.17) is 5.73 Å². The Morgan fingerprint density at radius 1 is 1.33 bits per heavy atom. The minimum absolute atomic E-state index is 0.0345. The van der Waals surface area contributed by atoms with Gasteiger partial charge < -0.3 is 5.73 Å². The molecule has 0 unspecified atom stereocenters. The number of rotatable bonds is 3. The summed E-state index contributed by atoms with van der Waals surface area (Å²) in [5, 5.41) is 1.56. The molecule has 18 heavy (non-hydrogen) atoms. The molecular weight excluding hydrogens is 296 g/mol. The Labute approximate surface area is 110 Å². The van der Waals surface area contributed by atoms with Crippen molar-refractivity contribution in [2.45, 2.75) is 23.1 Å². The van der Waals surface area contributed by atoms with Crippen molar-refractivity contribution in [2.24, 2.45) is 0 Å². The topological polar surface area (TPSA) is 106 Å². The fourth-order valence-corrected chi connectivity index (χ4v) is 5.65. The van der Waals surface area contributed by atoms with Crippen LogP contribution in [0.15, 0.2) is 15.7 Å². The van der Waals surface area contributed by atoms with Crippen LogP contribution in [-0.2, 0) is 19.9 Å². The van der Waals surface area contributed by atoms with Crippen LogP contribution in [0, 0.1) is 0 Å². The molecule has 2 rings (SSSR count). The van der Waals surface area contributed by atoms with Crippen LogP contribution in [0.2, 0.25) is 0 Å². The zero-order chi connectivity index (χ0) is 13.4. The van der Waals surface area contributed by atoms with Gasteiger partial charge in [0.05, 0.1) is 11.5 Å². The van der Waals surface area contributed by atoms with Gasteiger partial charge in [-0.3, -0.25) is 0 Å². The van der Waals surface area contributed by atoms with Crippen LogP contribution in [0.3, 0.4) is 0 Å². The summed E-state index contributed by atoms with van der Waals surface area (Å²) in [5.74, 6) is 0.0690. The lowest BCUT2D eigenvalue weighted by Gasteiger charge is -2.22. The molecule has 102 valence electrons. The second-order valence-electron chi connectivity index (χ2n) is 4.25. The fourth-order valence-electron chi connectivity index (χ4n) is 1.76. The highest BCUT2D eigenvalue weighted by molar-refractivity contribution is 7.92. The largest absolute Gasteiger partial charge is 0.398 e. The summed E-state index contributed by atoms with van der Waals surface area (Å²) in [7, 11) is -6.57. The summed E-state index contributed by atoms with van der Waals surface area (Å²) < 4.78 is 49.1. The van der Waals surface area contributed by atoms with Gasteiger partial charge in [0.25, 0.3) is 0 Å². The molecule has 0 amide bonds. The van der Waals surface area contributed by atoms with E-state index in [1.54, 1.807) is 5.38 Å². The maximum atomic E-state index is 12.0. The van der Waals surface area contributed by atoms with E-state index >= 15 is 0 Å². The van der Waals surface area contributed by atoms with Gasteiger partial charge in [-0.1, -0.05) is 0 Å². The van der Waals surface area contributed by atoms with Crippen LogP contribution in [0.1, 0.15) is 12.8 Å². The SMILES string of the molecule is Nc1csc(S(=O)(=O)NC2CCS(=O)(=O)CC2)c1. The minimum Gasteiger partial charge on any atom is -0.398 e. The van der Waals surface area contributed by atoms with Crippen molar-refractivity contribution in [1.82, 2.24) is 4.72 Å². The molecule has 1 aromatic rings. The summed E-state index contributed by atoms with van der Waals surface area (Å²) in [4.78, 5) is 0. The van der Waals surface area contributed by atoms with Crippen LogP contribution >= 0.6 is 11.3 Å². The standard InChI is InChI=1S/C9H14N2O4S3/c10-7-5-9(16-6-7)18(14,15)11-8-1-3-17(12,13)4-2-8/h5-6,8,11H,1-4,10H2. The zero-order valence-corrected chi connectivity index (χ0v) is 11.9. The summed E-state index contributed by atoms with van der Waals surface area (Å²) in [6.45, 7) is 0. The number of hydrogen-bond acceptors (Lipinski definition) is 6. The molecular formula is C9H14N2O4S3. The van der Waals surface area contributed by atoms with Gasteiger partial charge in [-0.2, -0.15) is 0 Å². The molecule has 1 saturated heterocycles. The molecule has 9 heteroatoms. The smallest absolute Gasteiger partial charge is 0.250 e. The number of nitrogen functional groups attached to an aromatic ring is 1. The van der Waals surface area contributed by atoms with Gasteiger partial charge in [-0.05, 0) is 18.9 Å². The maximum absolute atomic E-state index is 12.0. The number of sulfonamides is 1. The number of anilines is 1. The highest BCUT2D eigenvalue weighted by Gasteiger charge is 2.28. The van der Waals surface area contributed by atoms with Gasteiger partial charge in [0.1, 0.15) is 14.0 Å². The Morgan fingerprint density at radius 3 is 2.44 bits per heavy atom. The van der Waals surface area contributed by atoms with Crippen LogP contribution in [0.25, 0.3) is 0 Å². The minimum atomic E-state index is -3.58. The summed E-state index contributed by atoms with van der Waals surface area (Å²) >= 11 is 1.05. The van der Waals surface area contributed by atoms with Gasteiger partial charge in [0.15, 0.2) is 0 Å². The summed E-state index contributed by atoms with van der Waals surface area (Å²) in [6.07, 6.45) is 0.644. The Balaban J connectivity index is 2.06. The van der Waals surface area contributed by atoms with E-state index in [1.807, 2.05) is 0 Å². The van der Waals surface area contributed by atoms with Crippen molar-refractivity contribution >= 4 is 36.9 Å². The lowest BCUT2D eigenvalue weighted by atomic mass is 10.2. The molecule has 0 aliphatic carbocycles.